The molecule has 1 amide bonds. The number of carboxylic acid groups (broad SMARTS) is 1. The van der Waals surface area contributed by atoms with Gasteiger partial charge in [0.05, 0.1) is 18.4 Å². The Hall–Kier alpha value is -5.33. The minimum absolute atomic E-state index is 0.0179. The third kappa shape index (κ3) is 7.16. The first kappa shape index (κ1) is 27.7. The normalized spacial score (nSPS) is 11.5. The van der Waals surface area contributed by atoms with Crippen molar-refractivity contribution in [1.29, 1.82) is 0 Å². The highest BCUT2D eigenvalue weighted by Gasteiger charge is 2.22. The van der Waals surface area contributed by atoms with Gasteiger partial charge in [0.15, 0.2) is 17.0 Å². The minimum Gasteiger partial charge on any atom is -0.480 e. The Morgan fingerprint density at radius 1 is 1.02 bits per heavy atom. The fraction of sp³-hybridized carbons (Fsp3) is 0.222. The average Bonchev–Trinajstić information content (AvgIpc) is 2.94. The highest BCUT2D eigenvalue weighted by Crippen LogP contribution is 2.19. The zero-order valence-electron chi connectivity index (χ0n) is 21.7. The van der Waals surface area contributed by atoms with E-state index in [9.17, 15) is 19.5 Å². The fourth-order valence-electron chi connectivity index (χ4n) is 3.83. The maximum Gasteiger partial charge on any atom is 0.326 e. The molecule has 2 aromatic heterocycles. The number of aliphatic carboxylic acids is 1. The molecule has 0 fully saturated rings. The SMILES string of the molecule is CN(Cc1cnc2nc(N)nc(N)c2n1)c1ccc(C(=O)N[C@@H](CCC(=O)OCc2ccccc2)C(=O)O)cc1. The number of nitrogens with one attached hydrogen (secondary N) is 1. The number of nitrogen functional groups attached to an aromatic ring is 2. The van der Waals surface area contributed by atoms with Gasteiger partial charge in [0.1, 0.15) is 12.6 Å². The number of aromatic nitrogens is 4. The maximum atomic E-state index is 12.7. The van der Waals surface area contributed by atoms with Gasteiger partial charge < -0.3 is 31.5 Å². The molecule has 13 heteroatoms. The number of rotatable bonds is 11. The van der Waals surface area contributed by atoms with E-state index in [4.69, 9.17) is 16.2 Å². The van der Waals surface area contributed by atoms with Crippen molar-refractivity contribution in [2.45, 2.75) is 32.0 Å². The minimum atomic E-state index is -1.25. The molecule has 4 aromatic rings. The molecule has 2 aromatic carbocycles. The Labute approximate surface area is 229 Å². The summed E-state index contributed by atoms with van der Waals surface area (Å²) >= 11 is 0. The molecule has 0 radical (unpaired) electrons. The largest absolute Gasteiger partial charge is 0.480 e. The number of carboxylic acids is 1. The summed E-state index contributed by atoms with van der Waals surface area (Å²) in [6.45, 7) is 0.468. The van der Waals surface area contributed by atoms with Gasteiger partial charge in [-0.1, -0.05) is 30.3 Å². The van der Waals surface area contributed by atoms with Crippen LogP contribution in [-0.2, 0) is 27.5 Å². The number of hydrogen-bond acceptors (Lipinski definition) is 11. The van der Waals surface area contributed by atoms with Crippen molar-refractivity contribution in [1.82, 2.24) is 25.3 Å². The number of esters is 1. The van der Waals surface area contributed by atoms with Crippen LogP contribution in [0.4, 0.5) is 17.5 Å². The van der Waals surface area contributed by atoms with Crippen LogP contribution in [0.25, 0.3) is 11.2 Å². The van der Waals surface area contributed by atoms with Crippen molar-refractivity contribution in [3.8, 4) is 0 Å². The molecule has 0 spiro atoms. The first-order valence-corrected chi connectivity index (χ1v) is 12.3. The van der Waals surface area contributed by atoms with Crippen molar-refractivity contribution >= 4 is 46.5 Å². The lowest BCUT2D eigenvalue weighted by molar-refractivity contribution is -0.145. The molecule has 6 N–H and O–H groups in total. The first-order chi connectivity index (χ1) is 19.2. The predicted molar refractivity (Wildman–Crippen MR) is 147 cm³/mol. The van der Waals surface area contributed by atoms with Crippen LogP contribution >= 0.6 is 0 Å². The Morgan fingerprint density at radius 2 is 1.75 bits per heavy atom. The molecule has 0 unspecified atom stereocenters. The molecule has 0 bridgehead atoms. The van der Waals surface area contributed by atoms with Gasteiger partial charge in [-0.2, -0.15) is 9.97 Å². The summed E-state index contributed by atoms with van der Waals surface area (Å²) in [5.41, 5.74) is 14.6. The van der Waals surface area contributed by atoms with Gasteiger partial charge in [-0.25, -0.2) is 14.8 Å². The molecule has 0 saturated carbocycles. The predicted octanol–water partition coefficient (Wildman–Crippen LogP) is 1.93. The summed E-state index contributed by atoms with van der Waals surface area (Å²) in [4.78, 5) is 55.0. The van der Waals surface area contributed by atoms with Gasteiger partial charge in [0.2, 0.25) is 5.95 Å². The van der Waals surface area contributed by atoms with Gasteiger partial charge in [-0.15, -0.1) is 0 Å². The number of benzene rings is 2. The number of ether oxygens (including phenoxy) is 1. The molecule has 0 aliphatic rings. The van der Waals surface area contributed by atoms with Crippen LogP contribution in [0.1, 0.15) is 34.5 Å². The molecule has 2 heterocycles. The number of carbonyl (C=O) groups is 3. The second-order valence-electron chi connectivity index (χ2n) is 8.95. The van der Waals surface area contributed by atoms with E-state index in [0.29, 0.717) is 23.4 Å². The summed E-state index contributed by atoms with van der Waals surface area (Å²) in [6, 6.07) is 14.5. The number of nitrogens with two attached hydrogens (primary N) is 2. The molecule has 4 rings (SSSR count). The van der Waals surface area contributed by atoms with E-state index in [1.807, 2.05) is 42.3 Å². The number of anilines is 3. The third-order valence-corrected chi connectivity index (χ3v) is 5.95. The van der Waals surface area contributed by atoms with E-state index in [-0.39, 0.29) is 36.8 Å². The van der Waals surface area contributed by atoms with Crippen molar-refractivity contribution in [2.75, 3.05) is 23.4 Å². The molecule has 0 aliphatic carbocycles. The summed E-state index contributed by atoms with van der Waals surface area (Å²) in [5, 5.41) is 12.0. The second kappa shape index (κ2) is 12.5. The van der Waals surface area contributed by atoms with Crippen LogP contribution in [0.15, 0.2) is 60.8 Å². The van der Waals surface area contributed by atoms with Crippen LogP contribution in [0.5, 0.6) is 0 Å². The lowest BCUT2D eigenvalue weighted by Gasteiger charge is -2.19. The monoisotopic (exact) mass is 544 g/mol. The van der Waals surface area contributed by atoms with Gasteiger partial charge in [-0.05, 0) is 36.2 Å². The number of nitrogens with zero attached hydrogens (tertiary/aromatic N) is 5. The first-order valence-electron chi connectivity index (χ1n) is 12.3. The van der Waals surface area contributed by atoms with Crippen molar-refractivity contribution in [3.05, 3.63) is 77.6 Å². The molecule has 206 valence electrons. The fourth-order valence-corrected chi connectivity index (χ4v) is 3.83. The maximum absolute atomic E-state index is 12.7. The van der Waals surface area contributed by atoms with Gasteiger partial charge in [-0.3, -0.25) is 9.59 Å². The molecular formula is C27H28N8O5. The lowest BCUT2D eigenvalue weighted by atomic mass is 10.1. The molecule has 1 atom stereocenters. The summed E-state index contributed by atoms with van der Waals surface area (Å²) in [6.07, 6.45) is 1.30. The lowest BCUT2D eigenvalue weighted by Crippen LogP contribution is -2.41. The summed E-state index contributed by atoms with van der Waals surface area (Å²) in [7, 11) is 1.83. The van der Waals surface area contributed by atoms with E-state index in [2.05, 4.69) is 25.3 Å². The summed E-state index contributed by atoms with van der Waals surface area (Å²) in [5.74, 6) is -2.21. The van der Waals surface area contributed by atoms with Crippen molar-refractivity contribution < 1.29 is 24.2 Å². The van der Waals surface area contributed by atoms with Gasteiger partial charge in [0.25, 0.3) is 5.91 Å². The van der Waals surface area contributed by atoms with Crippen LogP contribution in [-0.4, -0.2) is 56.0 Å². The second-order valence-corrected chi connectivity index (χ2v) is 8.95. The van der Waals surface area contributed by atoms with E-state index in [0.717, 1.165) is 11.3 Å². The standard InChI is InChI=1S/C27H28N8O5/c1-35(14-18-13-30-24-22(31-18)23(28)33-27(29)34-24)19-9-7-17(8-10-19)25(37)32-20(26(38)39)11-12-21(36)40-15-16-5-3-2-4-6-16/h2-10,13,20H,11-12,14-15H2,1H3,(H,32,37)(H,38,39)(H4,28,29,30,33,34)/t20-/m0/s1. The van der Waals surface area contributed by atoms with E-state index < -0.39 is 23.9 Å². The third-order valence-electron chi connectivity index (χ3n) is 5.95. The van der Waals surface area contributed by atoms with E-state index in [1.165, 1.54) is 0 Å². The van der Waals surface area contributed by atoms with E-state index >= 15 is 0 Å². The highest BCUT2D eigenvalue weighted by atomic mass is 16.5. The average molecular weight is 545 g/mol. The number of amides is 1. The van der Waals surface area contributed by atoms with E-state index in [1.54, 1.807) is 30.5 Å². The molecule has 0 aliphatic heterocycles. The van der Waals surface area contributed by atoms with Crippen molar-refractivity contribution in [2.24, 2.45) is 0 Å². The molecule has 0 saturated heterocycles. The smallest absolute Gasteiger partial charge is 0.326 e. The zero-order chi connectivity index (χ0) is 28.6. The number of carbonyl (C=O) groups excluding carboxylic acids is 2. The van der Waals surface area contributed by atoms with Gasteiger partial charge >= 0.3 is 11.9 Å². The Balaban J connectivity index is 1.31. The number of fused-ring (bicyclic) bond motifs is 1. The summed E-state index contributed by atoms with van der Waals surface area (Å²) < 4.78 is 5.18. The van der Waals surface area contributed by atoms with Gasteiger partial charge in [0, 0.05) is 24.7 Å². The Morgan fingerprint density at radius 3 is 2.45 bits per heavy atom. The molecular weight excluding hydrogens is 516 g/mol. The molecule has 13 nitrogen and oxygen atoms in total. The highest BCUT2D eigenvalue weighted by molar-refractivity contribution is 5.97. The number of hydrogen-bond donors (Lipinski definition) is 4. The van der Waals surface area contributed by atoms with Crippen LogP contribution in [0, 0.1) is 0 Å². The quantitative estimate of drug-likeness (QED) is 0.200. The Bertz CT molecular complexity index is 1520. The van der Waals surface area contributed by atoms with Crippen LogP contribution in [0.2, 0.25) is 0 Å². The molecule has 40 heavy (non-hydrogen) atoms. The van der Waals surface area contributed by atoms with Crippen molar-refractivity contribution in [3.63, 3.8) is 0 Å². The zero-order valence-corrected chi connectivity index (χ0v) is 21.7. The van der Waals surface area contributed by atoms with Crippen LogP contribution in [0.3, 0.4) is 0 Å². The topological polar surface area (TPSA) is 200 Å². The Kier molecular flexibility index (Phi) is 8.64. The van der Waals surface area contributed by atoms with Crippen LogP contribution < -0.4 is 21.7 Å².